The van der Waals surface area contributed by atoms with Crippen LogP contribution >= 0.6 is 27.5 Å². The van der Waals surface area contributed by atoms with Gasteiger partial charge in [0.1, 0.15) is 0 Å². The van der Waals surface area contributed by atoms with Crippen LogP contribution in [0.15, 0.2) is 22.7 Å². The van der Waals surface area contributed by atoms with Gasteiger partial charge in [-0.05, 0) is 34.1 Å². The van der Waals surface area contributed by atoms with Crippen molar-refractivity contribution in [1.29, 1.82) is 0 Å². The maximum atomic E-state index is 11.7. The molecule has 0 saturated heterocycles. The van der Waals surface area contributed by atoms with Crippen molar-refractivity contribution < 1.29 is 13.2 Å². The lowest BCUT2D eigenvalue weighted by Crippen LogP contribution is -2.29. The first-order valence-electron chi connectivity index (χ1n) is 5.29. The average Bonchev–Trinajstić information content (AvgIpc) is 2.32. The highest BCUT2D eigenvalue weighted by atomic mass is 79.9. The largest absolute Gasteiger partial charge is 0.351 e. The molecule has 0 aromatic heterocycles. The summed E-state index contributed by atoms with van der Waals surface area (Å²) in [5, 5.41) is 2.98. The Morgan fingerprint density at radius 2 is 2.11 bits per heavy atom. The van der Waals surface area contributed by atoms with Crippen LogP contribution < -0.4 is 5.32 Å². The number of carbonyl (C=O) groups excluding carboxylic acids is 1. The Hall–Kier alpha value is -0.590. The van der Waals surface area contributed by atoms with E-state index in [0.717, 1.165) is 0 Å². The molecule has 0 spiro atoms. The second kappa shape index (κ2) is 6.54. The fourth-order valence-corrected chi connectivity index (χ4v) is 2.33. The van der Waals surface area contributed by atoms with Gasteiger partial charge in [0.05, 0.1) is 10.8 Å². The van der Waals surface area contributed by atoms with Crippen LogP contribution in [-0.4, -0.2) is 32.4 Å². The van der Waals surface area contributed by atoms with Gasteiger partial charge in [-0.2, -0.15) is 0 Å². The molecule has 0 fully saturated rings. The summed E-state index contributed by atoms with van der Waals surface area (Å²) >= 11 is 9.09. The van der Waals surface area contributed by atoms with E-state index in [9.17, 15) is 13.2 Å². The van der Waals surface area contributed by atoms with Crippen LogP contribution in [0.4, 0.5) is 0 Å². The molecule has 0 heterocycles. The van der Waals surface area contributed by atoms with E-state index in [1.807, 2.05) is 0 Å². The lowest BCUT2D eigenvalue weighted by molar-refractivity contribution is 0.0956. The lowest BCUT2D eigenvalue weighted by Gasteiger charge is -2.06. The summed E-state index contributed by atoms with van der Waals surface area (Å²) in [6.45, 7) is 1.67. The number of benzene rings is 1. The molecular weight excluding hydrogens is 342 g/mol. The molecule has 18 heavy (non-hydrogen) atoms. The number of rotatable bonds is 5. The van der Waals surface area contributed by atoms with Crippen LogP contribution in [0.1, 0.15) is 17.3 Å². The highest BCUT2D eigenvalue weighted by Gasteiger charge is 2.10. The van der Waals surface area contributed by atoms with Crippen molar-refractivity contribution in [3.8, 4) is 0 Å². The maximum Gasteiger partial charge on any atom is 0.251 e. The smallest absolute Gasteiger partial charge is 0.251 e. The summed E-state index contributed by atoms with van der Waals surface area (Å²) in [6.07, 6.45) is 0. The van der Waals surface area contributed by atoms with E-state index in [4.69, 9.17) is 11.6 Å². The first-order valence-corrected chi connectivity index (χ1v) is 8.28. The molecule has 0 unspecified atom stereocenters. The third-order valence-electron chi connectivity index (χ3n) is 2.32. The third kappa shape index (κ3) is 4.59. The Morgan fingerprint density at radius 3 is 2.67 bits per heavy atom. The van der Waals surface area contributed by atoms with E-state index in [1.165, 1.54) is 6.07 Å². The molecule has 4 nitrogen and oxygen atoms in total. The van der Waals surface area contributed by atoms with Crippen LogP contribution in [0, 0.1) is 0 Å². The zero-order chi connectivity index (χ0) is 13.8. The van der Waals surface area contributed by atoms with E-state index in [2.05, 4.69) is 21.2 Å². The van der Waals surface area contributed by atoms with Gasteiger partial charge < -0.3 is 5.32 Å². The first-order chi connectivity index (χ1) is 8.35. The summed E-state index contributed by atoms with van der Waals surface area (Å²) in [5.41, 5.74) is 0.400. The summed E-state index contributed by atoms with van der Waals surface area (Å²) < 4.78 is 23.2. The minimum Gasteiger partial charge on any atom is -0.351 e. The standard InChI is InChI=1S/C11H13BrClNO3S/c1-2-18(16,17)6-5-14-11(15)8-3-4-9(12)10(13)7-8/h3-4,7H,2,5-6H2,1H3,(H,14,15). The molecule has 0 saturated carbocycles. The molecule has 0 aliphatic carbocycles. The summed E-state index contributed by atoms with van der Waals surface area (Å²) in [7, 11) is -3.06. The predicted molar refractivity (Wildman–Crippen MR) is 75.8 cm³/mol. The lowest BCUT2D eigenvalue weighted by atomic mass is 10.2. The Balaban J connectivity index is 2.58. The van der Waals surface area contributed by atoms with Gasteiger partial charge in [0.25, 0.3) is 5.91 Å². The van der Waals surface area contributed by atoms with Crippen LogP contribution in [0.2, 0.25) is 5.02 Å². The van der Waals surface area contributed by atoms with Crippen molar-refractivity contribution in [2.75, 3.05) is 18.1 Å². The van der Waals surface area contributed by atoms with E-state index in [1.54, 1.807) is 19.1 Å². The zero-order valence-electron chi connectivity index (χ0n) is 9.74. The third-order valence-corrected chi connectivity index (χ3v) is 5.26. The summed E-state index contributed by atoms with van der Waals surface area (Å²) in [6, 6.07) is 4.80. The molecule has 0 aliphatic rings. The molecule has 0 aliphatic heterocycles. The molecule has 1 N–H and O–H groups in total. The van der Waals surface area contributed by atoms with Crippen LogP contribution in [0.3, 0.4) is 0 Å². The van der Waals surface area contributed by atoms with E-state index in [-0.39, 0.29) is 24.0 Å². The number of halogens is 2. The second-order valence-corrected chi connectivity index (χ2v) is 7.36. The van der Waals surface area contributed by atoms with Crippen LogP contribution in [-0.2, 0) is 9.84 Å². The topological polar surface area (TPSA) is 63.2 Å². The molecule has 1 amide bonds. The number of hydrogen-bond donors (Lipinski definition) is 1. The van der Waals surface area contributed by atoms with Gasteiger partial charge in [0.15, 0.2) is 9.84 Å². The van der Waals surface area contributed by atoms with Crippen LogP contribution in [0.25, 0.3) is 0 Å². The van der Waals surface area contributed by atoms with Crippen molar-refractivity contribution in [2.24, 2.45) is 0 Å². The van der Waals surface area contributed by atoms with Gasteiger partial charge in [-0.15, -0.1) is 0 Å². The quantitative estimate of drug-likeness (QED) is 0.882. The summed E-state index contributed by atoms with van der Waals surface area (Å²) in [4.78, 5) is 11.7. The Bertz CT molecular complexity index is 545. The minimum atomic E-state index is -3.06. The molecule has 100 valence electrons. The number of carbonyl (C=O) groups is 1. The zero-order valence-corrected chi connectivity index (χ0v) is 12.9. The highest BCUT2D eigenvalue weighted by Crippen LogP contribution is 2.23. The van der Waals surface area contributed by atoms with Gasteiger partial charge in [0, 0.05) is 22.3 Å². The molecule has 7 heteroatoms. The molecule has 0 radical (unpaired) electrons. The van der Waals surface area contributed by atoms with Gasteiger partial charge in [-0.25, -0.2) is 8.42 Å². The number of sulfone groups is 1. The summed E-state index contributed by atoms with van der Waals surface area (Å²) in [5.74, 6) is -0.317. The Labute approximate surface area is 120 Å². The van der Waals surface area contributed by atoms with Gasteiger partial charge in [0.2, 0.25) is 0 Å². The number of amides is 1. The van der Waals surface area contributed by atoms with E-state index < -0.39 is 9.84 Å². The molecule has 0 atom stereocenters. The Kier molecular flexibility index (Phi) is 5.62. The van der Waals surface area contributed by atoms with Crippen molar-refractivity contribution >= 4 is 43.3 Å². The number of hydrogen-bond acceptors (Lipinski definition) is 3. The number of nitrogens with one attached hydrogen (secondary N) is 1. The van der Waals surface area contributed by atoms with Crippen molar-refractivity contribution in [3.05, 3.63) is 33.3 Å². The molecular formula is C11H13BrClNO3S. The highest BCUT2D eigenvalue weighted by molar-refractivity contribution is 9.10. The fraction of sp³-hybridized carbons (Fsp3) is 0.364. The maximum absolute atomic E-state index is 11.7. The average molecular weight is 355 g/mol. The second-order valence-electron chi connectivity index (χ2n) is 3.62. The van der Waals surface area contributed by atoms with Gasteiger partial charge >= 0.3 is 0 Å². The van der Waals surface area contributed by atoms with Gasteiger partial charge in [-0.1, -0.05) is 18.5 Å². The molecule has 0 bridgehead atoms. The molecule has 1 aromatic carbocycles. The SMILES string of the molecule is CCS(=O)(=O)CCNC(=O)c1ccc(Br)c(Cl)c1. The molecule has 1 aromatic rings. The Morgan fingerprint density at radius 1 is 1.44 bits per heavy atom. The van der Waals surface area contributed by atoms with Crippen molar-refractivity contribution in [3.63, 3.8) is 0 Å². The normalized spacial score (nSPS) is 11.3. The van der Waals surface area contributed by atoms with Crippen molar-refractivity contribution in [1.82, 2.24) is 5.32 Å². The van der Waals surface area contributed by atoms with E-state index >= 15 is 0 Å². The minimum absolute atomic E-state index is 0.0561. The van der Waals surface area contributed by atoms with Gasteiger partial charge in [-0.3, -0.25) is 4.79 Å². The van der Waals surface area contributed by atoms with Crippen LogP contribution in [0.5, 0.6) is 0 Å². The van der Waals surface area contributed by atoms with E-state index in [0.29, 0.717) is 15.1 Å². The molecule has 1 rings (SSSR count). The fourth-order valence-electron chi connectivity index (χ4n) is 1.20. The first kappa shape index (κ1) is 15.5. The monoisotopic (exact) mass is 353 g/mol. The van der Waals surface area contributed by atoms with Crippen molar-refractivity contribution in [2.45, 2.75) is 6.92 Å². The predicted octanol–water partition coefficient (Wildman–Crippen LogP) is 2.27.